The van der Waals surface area contributed by atoms with E-state index in [0.717, 1.165) is 43.9 Å². The van der Waals surface area contributed by atoms with Crippen LogP contribution in [0.2, 0.25) is 0 Å². The molecule has 84 valence electrons. The van der Waals surface area contributed by atoms with Gasteiger partial charge in [-0.05, 0) is 31.4 Å². The number of aryl methyl sites for hydroxylation is 1. The van der Waals surface area contributed by atoms with Gasteiger partial charge in [0.1, 0.15) is 0 Å². The van der Waals surface area contributed by atoms with E-state index >= 15 is 0 Å². The third-order valence-electron chi connectivity index (χ3n) is 3.00. The van der Waals surface area contributed by atoms with Gasteiger partial charge in [-0.3, -0.25) is 0 Å². The quantitative estimate of drug-likeness (QED) is 0.756. The summed E-state index contributed by atoms with van der Waals surface area (Å²) in [7, 11) is 0. The highest BCUT2D eigenvalue weighted by Gasteiger charge is 2.20. The summed E-state index contributed by atoms with van der Waals surface area (Å²) in [4.78, 5) is 2.16. The molecule has 1 aliphatic rings. The van der Waals surface area contributed by atoms with Crippen molar-refractivity contribution in [1.82, 2.24) is 10.2 Å². The van der Waals surface area contributed by atoms with Crippen LogP contribution >= 0.6 is 0 Å². The number of anilines is 1. The van der Waals surface area contributed by atoms with E-state index in [2.05, 4.69) is 28.1 Å². The molecule has 0 N–H and O–H groups in total. The summed E-state index contributed by atoms with van der Waals surface area (Å²) in [5, 5.41) is 17.3. The fraction of sp³-hybridized carbons (Fsp3) is 0.583. The molecule has 1 unspecified atom stereocenters. The summed E-state index contributed by atoms with van der Waals surface area (Å²) < 4.78 is 0. The number of aromatic nitrogens is 2. The molecule has 0 aromatic carbocycles. The summed E-state index contributed by atoms with van der Waals surface area (Å²) in [5.41, 5.74) is 1.01. The maximum atomic E-state index is 8.93. The van der Waals surface area contributed by atoms with Crippen LogP contribution in [-0.4, -0.2) is 23.3 Å². The average molecular weight is 216 g/mol. The highest BCUT2D eigenvalue weighted by atomic mass is 15.3. The second-order valence-corrected chi connectivity index (χ2v) is 4.15. The lowest BCUT2D eigenvalue weighted by Gasteiger charge is -2.30. The zero-order valence-corrected chi connectivity index (χ0v) is 9.56. The van der Waals surface area contributed by atoms with Crippen molar-refractivity contribution in [1.29, 1.82) is 5.26 Å². The molecule has 1 atom stereocenters. The number of hydrogen-bond donors (Lipinski definition) is 0. The van der Waals surface area contributed by atoms with Gasteiger partial charge in [0.15, 0.2) is 5.82 Å². The second-order valence-electron chi connectivity index (χ2n) is 4.15. The number of rotatable bonds is 2. The monoisotopic (exact) mass is 216 g/mol. The second kappa shape index (κ2) is 4.93. The third-order valence-corrected chi connectivity index (χ3v) is 3.00. The van der Waals surface area contributed by atoms with Crippen LogP contribution in [-0.2, 0) is 6.42 Å². The van der Waals surface area contributed by atoms with Crippen molar-refractivity contribution in [3.63, 3.8) is 0 Å². The molecule has 0 radical (unpaired) electrons. The fourth-order valence-electron chi connectivity index (χ4n) is 2.00. The largest absolute Gasteiger partial charge is 0.354 e. The molecule has 2 rings (SSSR count). The average Bonchev–Trinajstić information content (AvgIpc) is 2.39. The van der Waals surface area contributed by atoms with Gasteiger partial charge in [0.05, 0.1) is 17.7 Å². The molecule has 1 saturated heterocycles. The van der Waals surface area contributed by atoms with E-state index in [9.17, 15) is 0 Å². The SMILES string of the molecule is CCc1ccc(N2CCCC(C#N)C2)nn1. The molecule has 1 fully saturated rings. The predicted molar refractivity (Wildman–Crippen MR) is 62.0 cm³/mol. The number of nitrogens with zero attached hydrogens (tertiary/aromatic N) is 4. The first-order valence-electron chi connectivity index (χ1n) is 5.80. The Hall–Kier alpha value is -1.63. The molecular formula is C12H16N4. The van der Waals surface area contributed by atoms with E-state index in [0.29, 0.717) is 0 Å². The van der Waals surface area contributed by atoms with Gasteiger partial charge in [0.25, 0.3) is 0 Å². The van der Waals surface area contributed by atoms with E-state index in [-0.39, 0.29) is 5.92 Å². The maximum absolute atomic E-state index is 8.93. The van der Waals surface area contributed by atoms with Gasteiger partial charge >= 0.3 is 0 Å². The Morgan fingerprint density at radius 1 is 1.50 bits per heavy atom. The van der Waals surface area contributed by atoms with Crippen LogP contribution in [0.4, 0.5) is 5.82 Å². The molecule has 4 heteroatoms. The Morgan fingerprint density at radius 2 is 2.38 bits per heavy atom. The maximum Gasteiger partial charge on any atom is 0.151 e. The van der Waals surface area contributed by atoms with Gasteiger partial charge < -0.3 is 4.90 Å². The molecule has 1 aromatic rings. The van der Waals surface area contributed by atoms with Gasteiger partial charge in [-0.25, -0.2) is 0 Å². The van der Waals surface area contributed by atoms with Crippen LogP contribution in [0.15, 0.2) is 12.1 Å². The van der Waals surface area contributed by atoms with Crippen LogP contribution in [0.25, 0.3) is 0 Å². The van der Waals surface area contributed by atoms with Crippen LogP contribution < -0.4 is 4.90 Å². The Labute approximate surface area is 95.9 Å². The summed E-state index contributed by atoms with van der Waals surface area (Å²) >= 11 is 0. The lowest BCUT2D eigenvalue weighted by molar-refractivity contribution is 0.489. The van der Waals surface area contributed by atoms with Gasteiger partial charge in [0, 0.05) is 13.1 Å². The molecule has 0 aliphatic carbocycles. The fourth-order valence-corrected chi connectivity index (χ4v) is 2.00. The third kappa shape index (κ3) is 2.30. The molecule has 0 saturated carbocycles. The van der Waals surface area contributed by atoms with Crippen molar-refractivity contribution < 1.29 is 0 Å². The van der Waals surface area contributed by atoms with E-state index in [1.165, 1.54) is 0 Å². The first-order valence-corrected chi connectivity index (χ1v) is 5.80. The molecule has 0 bridgehead atoms. The highest BCUT2D eigenvalue weighted by molar-refractivity contribution is 5.38. The van der Waals surface area contributed by atoms with Crippen molar-refractivity contribution in [2.24, 2.45) is 5.92 Å². The molecule has 0 amide bonds. The van der Waals surface area contributed by atoms with Gasteiger partial charge in [-0.15, -0.1) is 5.10 Å². The first kappa shape index (κ1) is 10.9. The topological polar surface area (TPSA) is 52.8 Å². The summed E-state index contributed by atoms with van der Waals surface area (Å²) in [6.07, 6.45) is 2.98. The van der Waals surface area contributed by atoms with Crippen LogP contribution in [0, 0.1) is 17.2 Å². The summed E-state index contributed by atoms with van der Waals surface area (Å²) in [6, 6.07) is 6.35. The highest BCUT2D eigenvalue weighted by Crippen LogP contribution is 2.20. The van der Waals surface area contributed by atoms with Crippen molar-refractivity contribution in [2.45, 2.75) is 26.2 Å². The zero-order chi connectivity index (χ0) is 11.4. The van der Waals surface area contributed by atoms with Crippen LogP contribution in [0.1, 0.15) is 25.5 Å². The molecular weight excluding hydrogens is 200 g/mol. The summed E-state index contributed by atoms with van der Waals surface area (Å²) in [6.45, 7) is 3.84. The van der Waals surface area contributed by atoms with E-state index in [1.807, 2.05) is 12.1 Å². The Bertz CT molecular complexity index is 379. The number of piperidine rings is 1. The Morgan fingerprint density at radius 3 is 3.00 bits per heavy atom. The molecule has 1 aromatic heterocycles. The Balaban J connectivity index is 2.08. The molecule has 1 aliphatic heterocycles. The molecule has 0 spiro atoms. The van der Waals surface area contributed by atoms with Crippen LogP contribution in [0.3, 0.4) is 0 Å². The van der Waals surface area contributed by atoms with Gasteiger partial charge in [-0.2, -0.15) is 10.4 Å². The zero-order valence-electron chi connectivity index (χ0n) is 9.56. The van der Waals surface area contributed by atoms with Crippen molar-refractivity contribution in [2.75, 3.05) is 18.0 Å². The number of nitriles is 1. The van der Waals surface area contributed by atoms with Gasteiger partial charge in [0.2, 0.25) is 0 Å². The van der Waals surface area contributed by atoms with E-state index < -0.39 is 0 Å². The molecule has 16 heavy (non-hydrogen) atoms. The normalized spacial score (nSPS) is 20.5. The van der Waals surface area contributed by atoms with Crippen molar-refractivity contribution in [3.05, 3.63) is 17.8 Å². The minimum Gasteiger partial charge on any atom is -0.354 e. The predicted octanol–water partition coefficient (Wildman–Crippen LogP) is 1.78. The lowest BCUT2D eigenvalue weighted by atomic mass is 10.00. The van der Waals surface area contributed by atoms with E-state index in [1.54, 1.807) is 0 Å². The van der Waals surface area contributed by atoms with Crippen molar-refractivity contribution >= 4 is 5.82 Å². The Kier molecular flexibility index (Phi) is 3.35. The van der Waals surface area contributed by atoms with Crippen LogP contribution in [0.5, 0.6) is 0 Å². The van der Waals surface area contributed by atoms with Gasteiger partial charge in [-0.1, -0.05) is 6.92 Å². The minimum atomic E-state index is 0.140. The standard InChI is InChI=1S/C12H16N4/c1-2-11-5-6-12(15-14-11)16-7-3-4-10(8-13)9-16/h5-6,10H,2-4,7,9H2,1H3. The first-order chi connectivity index (χ1) is 7.83. The minimum absolute atomic E-state index is 0.140. The molecule has 4 nitrogen and oxygen atoms in total. The smallest absolute Gasteiger partial charge is 0.151 e. The summed E-state index contributed by atoms with van der Waals surface area (Å²) in [5.74, 6) is 1.04. The van der Waals surface area contributed by atoms with E-state index in [4.69, 9.17) is 5.26 Å². The lowest BCUT2D eigenvalue weighted by Crippen LogP contribution is -2.35. The number of hydrogen-bond acceptors (Lipinski definition) is 4. The van der Waals surface area contributed by atoms with Crippen molar-refractivity contribution in [3.8, 4) is 6.07 Å². The molecule has 2 heterocycles.